The summed E-state index contributed by atoms with van der Waals surface area (Å²) in [6.07, 6.45) is 4.00. The first kappa shape index (κ1) is 11.0. The number of nitrogens with two attached hydrogens (primary N) is 1. The monoisotopic (exact) mass is 217 g/mol. The molecule has 74 valence electrons. The highest BCUT2D eigenvalue weighted by Gasteiger charge is 2.25. The van der Waals surface area contributed by atoms with Crippen molar-refractivity contribution in [1.29, 1.82) is 0 Å². The molecule has 1 aliphatic carbocycles. The maximum atomic E-state index is 6.09. The maximum Gasteiger partial charge on any atom is 0.0395 e. The molecule has 1 atom stereocenters. The average molecular weight is 218 g/mol. The zero-order chi connectivity index (χ0) is 8.55. The third kappa shape index (κ3) is 2.70. The summed E-state index contributed by atoms with van der Waals surface area (Å²) in [5, 5.41) is 2.14. The van der Waals surface area contributed by atoms with Crippen LogP contribution in [0.4, 0.5) is 0 Å². The normalized spacial score (nSPS) is 18.0. The standard InChI is InChI=1S/C10H15NS.ClH/c1-7-4-5-12-10(7)9(11)6-8-2-3-8;/h4-5,8-9H,2-3,6,11H2,1H3;1H/t9-;/m0./s1. The minimum absolute atomic E-state index is 0. The van der Waals surface area contributed by atoms with Crippen LogP contribution >= 0.6 is 23.7 Å². The van der Waals surface area contributed by atoms with Crippen LogP contribution in [-0.4, -0.2) is 0 Å². The zero-order valence-electron chi connectivity index (χ0n) is 7.82. The number of rotatable bonds is 3. The van der Waals surface area contributed by atoms with Crippen LogP contribution in [0.2, 0.25) is 0 Å². The Morgan fingerprint density at radius 2 is 2.31 bits per heavy atom. The Morgan fingerprint density at radius 1 is 1.62 bits per heavy atom. The predicted molar refractivity (Wildman–Crippen MR) is 60.6 cm³/mol. The van der Waals surface area contributed by atoms with Crippen molar-refractivity contribution in [2.24, 2.45) is 11.7 Å². The van der Waals surface area contributed by atoms with E-state index in [1.165, 1.54) is 29.7 Å². The van der Waals surface area contributed by atoms with Crippen molar-refractivity contribution in [3.8, 4) is 0 Å². The Hall–Kier alpha value is -0.0500. The largest absolute Gasteiger partial charge is 0.323 e. The fourth-order valence-electron chi connectivity index (χ4n) is 1.58. The van der Waals surface area contributed by atoms with Gasteiger partial charge in [-0.15, -0.1) is 23.7 Å². The molecular formula is C10H16ClNS. The Balaban J connectivity index is 0.000000845. The Bertz CT molecular complexity index is 268. The van der Waals surface area contributed by atoms with Gasteiger partial charge in [0.1, 0.15) is 0 Å². The SMILES string of the molecule is Cc1ccsc1[C@@H](N)CC1CC1.Cl. The Labute approximate surface area is 89.7 Å². The molecular weight excluding hydrogens is 202 g/mol. The highest BCUT2D eigenvalue weighted by atomic mass is 35.5. The lowest BCUT2D eigenvalue weighted by Crippen LogP contribution is -2.10. The molecule has 0 amide bonds. The molecule has 0 aromatic carbocycles. The molecule has 2 rings (SSSR count). The second kappa shape index (κ2) is 4.45. The smallest absolute Gasteiger partial charge is 0.0395 e. The fourth-order valence-corrected chi connectivity index (χ4v) is 2.53. The molecule has 1 fully saturated rings. The molecule has 1 aromatic heterocycles. The summed E-state index contributed by atoms with van der Waals surface area (Å²) in [6, 6.07) is 2.46. The first-order chi connectivity index (χ1) is 5.77. The van der Waals surface area contributed by atoms with E-state index in [9.17, 15) is 0 Å². The van der Waals surface area contributed by atoms with Gasteiger partial charge in [0.05, 0.1) is 0 Å². The molecule has 2 N–H and O–H groups in total. The molecule has 3 heteroatoms. The van der Waals surface area contributed by atoms with Crippen LogP contribution in [0, 0.1) is 12.8 Å². The van der Waals surface area contributed by atoms with Gasteiger partial charge in [-0.05, 0) is 36.3 Å². The summed E-state index contributed by atoms with van der Waals surface area (Å²) in [7, 11) is 0. The number of halogens is 1. The van der Waals surface area contributed by atoms with E-state index in [1.807, 2.05) is 0 Å². The van der Waals surface area contributed by atoms with Gasteiger partial charge in [0.2, 0.25) is 0 Å². The quantitative estimate of drug-likeness (QED) is 0.827. The van der Waals surface area contributed by atoms with Crippen molar-refractivity contribution in [1.82, 2.24) is 0 Å². The van der Waals surface area contributed by atoms with Gasteiger partial charge in [-0.3, -0.25) is 0 Å². The molecule has 0 spiro atoms. The van der Waals surface area contributed by atoms with Crippen molar-refractivity contribution in [3.63, 3.8) is 0 Å². The molecule has 1 aromatic rings. The average Bonchev–Trinajstić information content (AvgIpc) is 2.72. The molecule has 1 nitrogen and oxygen atoms in total. The maximum absolute atomic E-state index is 6.09. The van der Waals surface area contributed by atoms with Crippen LogP contribution in [0.25, 0.3) is 0 Å². The Morgan fingerprint density at radius 3 is 2.77 bits per heavy atom. The van der Waals surface area contributed by atoms with Gasteiger partial charge in [-0.25, -0.2) is 0 Å². The minimum Gasteiger partial charge on any atom is -0.323 e. The van der Waals surface area contributed by atoms with E-state index in [1.54, 1.807) is 11.3 Å². The van der Waals surface area contributed by atoms with Crippen LogP contribution in [0.5, 0.6) is 0 Å². The zero-order valence-corrected chi connectivity index (χ0v) is 9.46. The van der Waals surface area contributed by atoms with E-state index in [0.29, 0.717) is 6.04 Å². The van der Waals surface area contributed by atoms with E-state index in [-0.39, 0.29) is 12.4 Å². The van der Waals surface area contributed by atoms with Gasteiger partial charge in [0.15, 0.2) is 0 Å². The molecule has 0 radical (unpaired) electrons. The lowest BCUT2D eigenvalue weighted by atomic mass is 10.1. The topological polar surface area (TPSA) is 26.0 Å². The van der Waals surface area contributed by atoms with E-state index >= 15 is 0 Å². The lowest BCUT2D eigenvalue weighted by Gasteiger charge is -2.09. The summed E-state index contributed by atoms with van der Waals surface area (Å²) >= 11 is 1.80. The molecule has 1 heterocycles. The highest BCUT2D eigenvalue weighted by Crippen LogP contribution is 2.38. The summed E-state index contributed by atoms with van der Waals surface area (Å²) in [5.41, 5.74) is 7.46. The number of hydrogen-bond acceptors (Lipinski definition) is 2. The first-order valence-electron chi connectivity index (χ1n) is 4.57. The predicted octanol–water partition coefficient (Wildman–Crippen LogP) is 3.28. The van der Waals surface area contributed by atoms with Crippen LogP contribution < -0.4 is 5.73 Å². The molecule has 13 heavy (non-hydrogen) atoms. The highest BCUT2D eigenvalue weighted by molar-refractivity contribution is 7.10. The van der Waals surface area contributed by atoms with Gasteiger partial charge in [-0.1, -0.05) is 12.8 Å². The third-order valence-electron chi connectivity index (χ3n) is 2.52. The van der Waals surface area contributed by atoms with Crippen molar-refractivity contribution >= 4 is 23.7 Å². The van der Waals surface area contributed by atoms with Crippen molar-refractivity contribution in [2.75, 3.05) is 0 Å². The van der Waals surface area contributed by atoms with Crippen LogP contribution in [0.3, 0.4) is 0 Å². The van der Waals surface area contributed by atoms with E-state index in [2.05, 4.69) is 18.4 Å². The van der Waals surface area contributed by atoms with Gasteiger partial charge in [0.25, 0.3) is 0 Å². The molecule has 0 unspecified atom stereocenters. The third-order valence-corrected chi connectivity index (χ3v) is 3.67. The molecule has 0 saturated heterocycles. The second-order valence-corrected chi connectivity index (χ2v) is 4.70. The van der Waals surface area contributed by atoms with Gasteiger partial charge < -0.3 is 5.73 Å². The van der Waals surface area contributed by atoms with Crippen LogP contribution in [0.15, 0.2) is 11.4 Å². The van der Waals surface area contributed by atoms with E-state index < -0.39 is 0 Å². The molecule has 1 saturated carbocycles. The summed E-state index contributed by atoms with van der Waals surface area (Å²) in [5.74, 6) is 0.932. The number of hydrogen-bond donors (Lipinski definition) is 1. The van der Waals surface area contributed by atoms with E-state index in [0.717, 1.165) is 5.92 Å². The van der Waals surface area contributed by atoms with Gasteiger partial charge >= 0.3 is 0 Å². The Kier molecular flexibility index (Phi) is 3.77. The van der Waals surface area contributed by atoms with Gasteiger partial charge in [0, 0.05) is 10.9 Å². The number of thiophene rings is 1. The van der Waals surface area contributed by atoms with Crippen molar-refractivity contribution < 1.29 is 0 Å². The second-order valence-electron chi connectivity index (χ2n) is 3.75. The molecule has 1 aliphatic rings. The fraction of sp³-hybridized carbons (Fsp3) is 0.600. The molecule has 0 bridgehead atoms. The first-order valence-corrected chi connectivity index (χ1v) is 5.45. The summed E-state index contributed by atoms with van der Waals surface area (Å²) < 4.78 is 0. The van der Waals surface area contributed by atoms with Crippen LogP contribution in [-0.2, 0) is 0 Å². The summed E-state index contributed by atoms with van der Waals surface area (Å²) in [6.45, 7) is 2.15. The van der Waals surface area contributed by atoms with Gasteiger partial charge in [-0.2, -0.15) is 0 Å². The van der Waals surface area contributed by atoms with Crippen LogP contribution in [0.1, 0.15) is 35.7 Å². The van der Waals surface area contributed by atoms with Crippen molar-refractivity contribution in [2.45, 2.75) is 32.2 Å². The summed E-state index contributed by atoms with van der Waals surface area (Å²) in [4.78, 5) is 1.39. The van der Waals surface area contributed by atoms with Crippen molar-refractivity contribution in [3.05, 3.63) is 21.9 Å². The lowest BCUT2D eigenvalue weighted by molar-refractivity contribution is 0.603. The van der Waals surface area contributed by atoms with E-state index in [4.69, 9.17) is 5.73 Å². The molecule has 0 aliphatic heterocycles. The number of aryl methyl sites for hydroxylation is 1. The minimum atomic E-state index is 0.